The Kier molecular flexibility index (Phi) is 4.39. The summed E-state index contributed by atoms with van der Waals surface area (Å²) in [6.07, 6.45) is -0.819. The number of carbonyl (C=O) groups is 1. The molecule has 1 aliphatic carbocycles. The van der Waals surface area contributed by atoms with Crippen LogP contribution in [0, 0.1) is 0 Å². The molecule has 1 amide bonds. The summed E-state index contributed by atoms with van der Waals surface area (Å²) in [5.41, 5.74) is -0.132. The van der Waals surface area contributed by atoms with Gasteiger partial charge < -0.3 is 9.32 Å². The number of furan rings is 1. The molecule has 0 aliphatic heterocycles. The molecule has 0 saturated heterocycles. The van der Waals surface area contributed by atoms with Crippen LogP contribution in [0.2, 0.25) is 0 Å². The van der Waals surface area contributed by atoms with Gasteiger partial charge in [0.25, 0.3) is 0 Å². The summed E-state index contributed by atoms with van der Waals surface area (Å²) in [5, 5.41) is 0. The molecule has 0 unspecified atom stereocenters. The van der Waals surface area contributed by atoms with Crippen molar-refractivity contribution in [2.24, 2.45) is 0 Å². The molecule has 2 aromatic rings. The molecule has 1 fully saturated rings. The van der Waals surface area contributed by atoms with Gasteiger partial charge in [0.15, 0.2) is 0 Å². The number of hydrogen-bond acceptors (Lipinski definition) is 2. The van der Waals surface area contributed by atoms with Crippen molar-refractivity contribution < 1.29 is 22.4 Å². The lowest BCUT2D eigenvalue weighted by molar-refractivity contribution is -0.137. The quantitative estimate of drug-likeness (QED) is 0.799. The molecule has 3 nitrogen and oxygen atoms in total. The van der Waals surface area contributed by atoms with E-state index >= 15 is 0 Å². The highest BCUT2D eigenvalue weighted by Crippen LogP contribution is 2.35. The molecule has 6 heteroatoms. The number of rotatable bonds is 5. The second-order valence-corrected chi connectivity index (χ2v) is 6.10. The summed E-state index contributed by atoms with van der Waals surface area (Å²) in [6, 6.07) is 8.36. The topological polar surface area (TPSA) is 33.5 Å². The molecule has 1 atom stereocenters. The van der Waals surface area contributed by atoms with Crippen LogP contribution < -0.4 is 0 Å². The molecular formula is C18H18F3NO2. The molecule has 0 bridgehead atoms. The maximum absolute atomic E-state index is 12.7. The summed E-state index contributed by atoms with van der Waals surface area (Å²) in [4.78, 5) is 14.5. The van der Waals surface area contributed by atoms with Crippen LogP contribution in [0.15, 0.2) is 47.1 Å². The van der Waals surface area contributed by atoms with Gasteiger partial charge in [0, 0.05) is 6.04 Å². The van der Waals surface area contributed by atoms with Crippen LogP contribution in [0.5, 0.6) is 0 Å². The summed E-state index contributed by atoms with van der Waals surface area (Å²) < 4.78 is 43.2. The number of amides is 1. The first-order valence-corrected chi connectivity index (χ1v) is 7.87. The first kappa shape index (κ1) is 16.6. The molecular weight excluding hydrogens is 319 g/mol. The van der Waals surface area contributed by atoms with Crippen LogP contribution in [0.25, 0.3) is 0 Å². The zero-order valence-electron chi connectivity index (χ0n) is 13.2. The Bertz CT molecular complexity index is 688. The molecule has 0 radical (unpaired) electrons. The third-order valence-electron chi connectivity index (χ3n) is 4.24. The summed E-state index contributed by atoms with van der Waals surface area (Å²) >= 11 is 0. The smallest absolute Gasteiger partial charge is 0.416 e. The van der Waals surface area contributed by atoms with E-state index in [1.807, 2.05) is 13.0 Å². The highest BCUT2D eigenvalue weighted by Gasteiger charge is 2.37. The Hall–Kier alpha value is -2.24. The molecule has 3 rings (SSSR count). The standard InChI is InChI=1S/C18H18F3NO2/c1-12(16-3-2-10-24-16)22(15-8-9-15)17(23)11-13-4-6-14(7-5-13)18(19,20)21/h2-7,10,12,15H,8-9,11H2,1H3/t12-/m1/s1. The fourth-order valence-corrected chi connectivity index (χ4v) is 2.83. The molecule has 1 aromatic heterocycles. The van der Waals surface area contributed by atoms with Crippen molar-refractivity contribution in [3.63, 3.8) is 0 Å². The molecule has 24 heavy (non-hydrogen) atoms. The van der Waals surface area contributed by atoms with E-state index < -0.39 is 11.7 Å². The fraction of sp³-hybridized carbons (Fsp3) is 0.389. The van der Waals surface area contributed by atoms with E-state index in [-0.39, 0.29) is 24.4 Å². The van der Waals surface area contributed by atoms with Gasteiger partial charge in [-0.05, 0) is 49.6 Å². The van der Waals surface area contributed by atoms with Gasteiger partial charge in [-0.2, -0.15) is 13.2 Å². The monoisotopic (exact) mass is 337 g/mol. The second kappa shape index (κ2) is 6.34. The lowest BCUT2D eigenvalue weighted by Gasteiger charge is -2.28. The van der Waals surface area contributed by atoms with Gasteiger partial charge in [0.05, 0.1) is 24.3 Å². The van der Waals surface area contributed by atoms with Crippen molar-refractivity contribution in [1.82, 2.24) is 4.90 Å². The number of halogens is 3. The largest absolute Gasteiger partial charge is 0.467 e. The van der Waals surface area contributed by atoms with E-state index in [1.165, 1.54) is 12.1 Å². The number of hydrogen-bond donors (Lipinski definition) is 0. The van der Waals surface area contributed by atoms with Gasteiger partial charge in [-0.15, -0.1) is 0 Å². The van der Waals surface area contributed by atoms with Gasteiger partial charge in [-0.1, -0.05) is 12.1 Å². The van der Waals surface area contributed by atoms with Gasteiger partial charge in [0.2, 0.25) is 5.91 Å². The van der Waals surface area contributed by atoms with Crippen molar-refractivity contribution in [3.8, 4) is 0 Å². The maximum atomic E-state index is 12.7. The van der Waals surface area contributed by atoms with Crippen LogP contribution in [-0.2, 0) is 17.4 Å². The zero-order chi connectivity index (χ0) is 17.3. The van der Waals surface area contributed by atoms with Crippen LogP contribution >= 0.6 is 0 Å². The molecule has 0 N–H and O–H groups in total. The summed E-state index contributed by atoms with van der Waals surface area (Å²) in [7, 11) is 0. The van der Waals surface area contributed by atoms with Crippen molar-refractivity contribution >= 4 is 5.91 Å². The van der Waals surface area contributed by atoms with E-state index in [0.717, 1.165) is 25.0 Å². The number of alkyl halides is 3. The molecule has 1 aliphatic rings. The fourth-order valence-electron chi connectivity index (χ4n) is 2.83. The lowest BCUT2D eigenvalue weighted by Crippen LogP contribution is -2.36. The number of carbonyl (C=O) groups excluding carboxylic acids is 1. The summed E-state index contributed by atoms with van der Waals surface area (Å²) in [5.74, 6) is 0.615. The predicted octanol–water partition coefficient (Wildman–Crippen LogP) is 4.59. The van der Waals surface area contributed by atoms with Crippen LogP contribution in [0.1, 0.15) is 42.7 Å². The van der Waals surface area contributed by atoms with Crippen molar-refractivity contribution in [1.29, 1.82) is 0 Å². The zero-order valence-corrected chi connectivity index (χ0v) is 13.2. The summed E-state index contributed by atoms with van der Waals surface area (Å²) in [6.45, 7) is 1.90. The third-order valence-corrected chi connectivity index (χ3v) is 4.24. The molecule has 128 valence electrons. The molecule has 1 saturated carbocycles. The van der Waals surface area contributed by atoms with Crippen LogP contribution in [0.3, 0.4) is 0 Å². The van der Waals surface area contributed by atoms with Gasteiger partial charge >= 0.3 is 6.18 Å². The van der Waals surface area contributed by atoms with Crippen LogP contribution in [-0.4, -0.2) is 16.8 Å². The van der Waals surface area contributed by atoms with E-state index in [0.29, 0.717) is 11.3 Å². The lowest BCUT2D eigenvalue weighted by atomic mass is 10.1. The van der Waals surface area contributed by atoms with Crippen molar-refractivity contribution in [2.45, 2.75) is 44.4 Å². The Morgan fingerprint density at radius 2 is 1.92 bits per heavy atom. The van der Waals surface area contributed by atoms with E-state index in [1.54, 1.807) is 17.2 Å². The minimum Gasteiger partial charge on any atom is -0.467 e. The SMILES string of the molecule is C[C@H](c1ccco1)N(C(=O)Cc1ccc(C(F)(F)F)cc1)C1CC1. The van der Waals surface area contributed by atoms with Crippen LogP contribution in [0.4, 0.5) is 13.2 Å². The number of nitrogens with zero attached hydrogens (tertiary/aromatic N) is 1. The normalized spacial score (nSPS) is 16.0. The van der Waals surface area contributed by atoms with Gasteiger partial charge in [0.1, 0.15) is 5.76 Å². The molecule has 1 heterocycles. The van der Waals surface area contributed by atoms with E-state index in [9.17, 15) is 18.0 Å². The first-order valence-electron chi connectivity index (χ1n) is 7.87. The molecule has 1 aromatic carbocycles. The van der Waals surface area contributed by atoms with E-state index in [2.05, 4.69) is 0 Å². The van der Waals surface area contributed by atoms with E-state index in [4.69, 9.17) is 4.42 Å². The Balaban J connectivity index is 1.72. The Morgan fingerprint density at radius 3 is 2.42 bits per heavy atom. The average Bonchev–Trinajstić information content (AvgIpc) is 3.19. The highest BCUT2D eigenvalue weighted by atomic mass is 19.4. The average molecular weight is 337 g/mol. The first-order chi connectivity index (χ1) is 11.4. The highest BCUT2D eigenvalue weighted by molar-refractivity contribution is 5.79. The predicted molar refractivity (Wildman–Crippen MR) is 82.1 cm³/mol. The minimum absolute atomic E-state index is 0.0830. The third kappa shape index (κ3) is 3.63. The minimum atomic E-state index is -4.36. The Morgan fingerprint density at radius 1 is 1.25 bits per heavy atom. The van der Waals surface area contributed by atoms with Gasteiger partial charge in [-0.3, -0.25) is 4.79 Å². The maximum Gasteiger partial charge on any atom is 0.416 e. The van der Waals surface area contributed by atoms with Gasteiger partial charge in [-0.25, -0.2) is 0 Å². The van der Waals surface area contributed by atoms with Crippen molar-refractivity contribution in [3.05, 3.63) is 59.5 Å². The number of benzene rings is 1. The molecule has 0 spiro atoms. The Labute approximate surface area is 138 Å². The second-order valence-electron chi connectivity index (χ2n) is 6.10. The van der Waals surface area contributed by atoms with Crippen molar-refractivity contribution in [2.75, 3.05) is 0 Å².